The van der Waals surface area contributed by atoms with Crippen molar-refractivity contribution in [1.29, 1.82) is 0 Å². The van der Waals surface area contributed by atoms with Gasteiger partial charge in [0.05, 0.1) is 6.04 Å². The Morgan fingerprint density at radius 3 is 2.53 bits per heavy atom. The van der Waals surface area contributed by atoms with Gasteiger partial charge in [-0.1, -0.05) is 39.3 Å². The molecule has 0 aromatic carbocycles. The Labute approximate surface area is 103 Å². The predicted molar refractivity (Wildman–Crippen MR) is 65.3 cm³/mol. The fourth-order valence-corrected chi connectivity index (χ4v) is 1.79. The first kappa shape index (κ1) is 14.1. The van der Waals surface area contributed by atoms with Gasteiger partial charge in [0.15, 0.2) is 0 Å². The lowest BCUT2D eigenvalue weighted by Crippen LogP contribution is -2.21. The van der Waals surface area contributed by atoms with Crippen molar-refractivity contribution in [3.8, 4) is 0 Å². The molecule has 2 atom stereocenters. The minimum atomic E-state index is -0.186. The highest BCUT2D eigenvalue weighted by molar-refractivity contribution is 4.98. The number of methoxy groups -OCH3 is 1. The van der Waals surface area contributed by atoms with Gasteiger partial charge in [-0.25, -0.2) is 0 Å². The molecule has 98 valence electrons. The zero-order valence-electron chi connectivity index (χ0n) is 11.4. The molecule has 0 saturated carbocycles. The Kier molecular flexibility index (Phi) is 4.65. The first-order valence-electron chi connectivity index (χ1n) is 6.02. The zero-order valence-corrected chi connectivity index (χ0v) is 11.4. The van der Waals surface area contributed by atoms with Crippen molar-refractivity contribution >= 4 is 0 Å². The largest absolute Gasteiger partial charge is 0.373 e. The number of aromatic nitrogens is 2. The van der Waals surface area contributed by atoms with E-state index in [2.05, 4.69) is 37.8 Å². The summed E-state index contributed by atoms with van der Waals surface area (Å²) < 4.78 is 10.6. The van der Waals surface area contributed by atoms with Crippen molar-refractivity contribution in [3.05, 3.63) is 11.7 Å². The van der Waals surface area contributed by atoms with Gasteiger partial charge in [-0.3, -0.25) is 0 Å². The van der Waals surface area contributed by atoms with E-state index in [-0.39, 0.29) is 17.6 Å². The van der Waals surface area contributed by atoms with Gasteiger partial charge in [0.1, 0.15) is 6.10 Å². The van der Waals surface area contributed by atoms with Gasteiger partial charge in [0.2, 0.25) is 11.7 Å². The van der Waals surface area contributed by atoms with Crippen molar-refractivity contribution in [2.24, 2.45) is 11.1 Å². The maximum Gasteiger partial charge on any atom is 0.243 e. The Morgan fingerprint density at radius 1 is 1.41 bits per heavy atom. The van der Waals surface area contributed by atoms with Crippen LogP contribution in [0.4, 0.5) is 0 Å². The Morgan fingerprint density at radius 2 is 2.06 bits per heavy atom. The number of nitrogens with two attached hydrogens (primary N) is 1. The molecule has 17 heavy (non-hydrogen) atoms. The minimum absolute atomic E-state index is 0.0786. The second-order valence-electron chi connectivity index (χ2n) is 5.37. The molecule has 0 bridgehead atoms. The summed E-state index contributed by atoms with van der Waals surface area (Å²) in [6.07, 6.45) is 1.65. The molecule has 0 fully saturated rings. The van der Waals surface area contributed by atoms with E-state index in [0.29, 0.717) is 11.7 Å². The van der Waals surface area contributed by atoms with Crippen LogP contribution < -0.4 is 5.73 Å². The molecule has 0 saturated heterocycles. The van der Waals surface area contributed by atoms with Gasteiger partial charge in [-0.05, 0) is 11.8 Å². The van der Waals surface area contributed by atoms with Crippen LogP contribution in [0.15, 0.2) is 4.52 Å². The van der Waals surface area contributed by atoms with Crippen LogP contribution in [0.1, 0.15) is 64.4 Å². The van der Waals surface area contributed by atoms with E-state index in [1.54, 1.807) is 7.11 Å². The SMILES string of the molecule is CCCC(N)c1nc(C(OC)C(C)(C)C)no1. The van der Waals surface area contributed by atoms with E-state index in [4.69, 9.17) is 15.0 Å². The van der Waals surface area contributed by atoms with Gasteiger partial charge >= 0.3 is 0 Å². The van der Waals surface area contributed by atoms with E-state index in [1.807, 2.05) is 0 Å². The maximum atomic E-state index is 5.93. The highest BCUT2D eigenvalue weighted by atomic mass is 16.5. The van der Waals surface area contributed by atoms with Crippen molar-refractivity contribution in [2.45, 2.75) is 52.7 Å². The maximum absolute atomic E-state index is 5.93. The fraction of sp³-hybridized carbons (Fsp3) is 0.833. The number of ether oxygens (including phenoxy) is 1. The fourth-order valence-electron chi connectivity index (χ4n) is 1.79. The molecular formula is C12H23N3O2. The lowest BCUT2D eigenvalue weighted by molar-refractivity contribution is 0.00718. The summed E-state index contributed by atoms with van der Waals surface area (Å²) in [5.41, 5.74) is 5.85. The van der Waals surface area contributed by atoms with E-state index >= 15 is 0 Å². The molecule has 0 aliphatic carbocycles. The lowest BCUT2D eigenvalue weighted by atomic mass is 9.88. The van der Waals surface area contributed by atoms with Crippen molar-refractivity contribution in [3.63, 3.8) is 0 Å². The number of hydrogen-bond donors (Lipinski definition) is 1. The molecule has 2 unspecified atom stereocenters. The normalized spacial score (nSPS) is 15.9. The Bertz CT molecular complexity index is 344. The topological polar surface area (TPSA) is 74.2 Å². The Balaban J connectivity index is 2.86. The molecule has 2 N–H and O–H groups in total. The molecule has 0 amide bonds. The van der Waals surface area contributed by atoms with Crippen molar-refractivity contribution in [2.75, 3.05) is 7.11 Å². The van der Waals surface area contributed by atoms with Crippen LogP contribution in [0, 0.1) is 5.41 Å². The van der Waals surface area contributed by atoms with Gasteiger partial charge < -0.3 is 15.0 Å². The molecule has 1 aromatic rings. The van der Waals surface area contributed by atoms with E-state index in [1.165, 1.54) is 0 Å². The molecule has 0 aliphatic rings. The standard InChI is InChI=1S/C12H23N3O2/c1-6-7-8(13)11-14-10(15-17-11)9(16-5)12(2,3)4/h8-9H,6-7,13H2,1-5H3. The van der Waals surface area contributed by atoms with E-state index < -0.39 is 0 Å². The highest BCUT2D eigenvalue weighted by Gasteiger charge is 2.31. The van der Waals surface area contributed by atoms with Crippen LogP contribution in [0.3, 0.4) is 0 Å². The summed E-state index contributed by atoms with van der Waals surface area (Å²) >= 11 is 0. The van der Waals surface area contributed by atoms with Crippen molar-refractivity contribution < 1.29 is 9.26 Å². The van der Waals surface area contributed by atoms with Gasteiger partial charge in [0.25, 0.3) is 0 Å². The summed E-state index contributed by atoms with van der Waals surface area (Å²) in [6, 6.07) is -0.182. The Hall–Kier alpha value is -0.940. The van der Waals surface area contributed by atoms with Gasteiger partial charge in [0, 0.05) is 7.11 Å². The number of nitrogens with zero attached hydrogens (tertiary/aromatic N) is 2. The van der Waals surface area contributed by atoms with Crippen LogP contribution in [0.2, 0.25) is 0 Å². The molecule has 0 spiro atoms. The third kappa shape index (κ3) is 3.51. The average molecular weight is 241 g/mol. The van der Waals surface area contributed by atoms with Crippen LogP contribution in [-0.2, 0) is 4.74 Å². The minimum Gasteiger partial charge on any atom is -0.373 e. The summed E-state index contributed by atoms with van der Waals surface area (Å²) in [6.45, 7) is 8.29. The first-order valence-corrected chi connectivity index (χ1v) is 6.02. The lowest BCUT2D eigenvalue weighted by Gasteiger charge is -2.26. The van der Waals surface area contributed by atoms with E-state index in [9.17, 15) is 0 Å². The zero-order chi connectivity index (χ0) is 13.1. The quantitative estimate of drug-likeness (QED) is 0.857. The monoisotopic (exact) mass is 241 g/mol. The second kappa shape index (κ2) is 5.60. The molecule has 1 rings (SSSR count). The number of rotatable bonds is 5. The summed E-state index contributed by atoms with van der Waals surface area (Å²) in [5.74, 6) is 1.06. The summed E-state index contributed by atoms with van der Waals surface area (Å²) in [5, 5.41) is 3.97. The van der Waals surface area contributed by atoms with Crippen LogP contribution in [0.5, 0.6) is 0 Å². The molecule has 0 aliphatic heterocycles. The summed E-state index contributed by atoms with van der Waals surface area (Å²) in [7, 11) is 1.65. The smallest absolute Gasteiger partial charge is 0.243 e. The highest BCUT2D eigenvalue weighted by Crippen LogP contribution is 2.34. The predicted octanol–water partition coefficient (Wildman–Crippen LogP) is 2.60. The van der Waals surface area contributed by atoms with Crippen LogP contribution >= 0.6 is 0 Å². The second-order valence-corrected chi connectivity index (χ2v) is 5.37. The molecule has 1 heterocycles. The van der Waals surface area contributed by atoms with Crippen LogP contribution in [0.25, 0.3) is 0 Å². The van der Waals surface area contributed by atoms with E-state index in [0.717, 1.165) is 12.8 Å². The summed E-state index contributed by atoms with van der Waals surface area (Å²) in [4.78, 5) is 4.34. The third-order valence-corrected chi connectivity index (χ3v) is 2.63. The molecule has 1 aromatic heterocycles. The molecular weight excluding hydrogens is 218 g/mol. The van der Waals surface area contributed by atoms with Gasteiger partial charge in [-0.2, -0.15) is 4.98 Å². The van der Waals surface area contributed by atoms with Gasteiger partial charge in [-0.15, -0.1) is 0 Å². The van der Waals surface area contributed by atoms with Crippen molar-refractivity contribution in [1.82, 2.24) is 10.1 Å². The molecule has 5 nitrogen and oxygen atoms in total. The molecule has 5 heteroatoms. The third-order valence-electron chi connectivity index (χ3n) is 2.63. The molecule has 0 radical (unpaired) electrons. The first-order chi connectivity index (χ1) is 7.90. The average Bonchev–Trinajstić information content (AvgIpc) is 2.66. The van der Waals surface area contributed by atoms with Crippen LogP contribution in [-0.4, -0.2) is 17.3 Å². The number of hydrogen-bond acceptors (Lipinski definition) is 5.